The number of nitrogens with one attached hydrogen (secondary N) is 1. The van der Waals surface area contributed by atoms with E-state index in [-0.39, 0.29) is 27.7 Å². The lowest BCUT2D eigenvalue weighted by Gasteiger charge is -2.12. The molecule has 0 fully saturated rings. The summed E-state index contributed by atoms with van der Waals surface area (Å²) in [6, 6.07) is 2.11. The molecule has 9 heteroatoms. The van der Waals surface area contributed by atoms with Gasteiger partial charge in [-0.05, 0) is 19.4 Å². The van der Waals surface area contributed by atoms with Crippen LogP contribution in [0.1, 0.15) is 25.3 Å². The Morgan fingerprint density at radius 1 is 1.48 bits per heavy atom. The van der Waals surface area contributed by atoms with Crippen molar-refractivity contribution in [2.24, 2.45) is 0 Å². The third kappa shape index (κ3) is 4.63. The van der Waals surface area contributed by atoms with Gasteiger partial charge >= 0.3 is 0 Å². The predicted octanol–water partition coefficient (Wildman–Crippen LogP) is 2.00. The van der Waals surface area contributed by atoms with Crippen LogP contribution in [0.4, 0.5) is 5.69 Å². The van der Waals surface area contributed by atoms with E-state index in [1.165, 1.54) is 6.92 Å². The highest BCUT2D eigenvalue weighted by molar-refractivity contribution is 7.89. The van der Waals surface area contributed by atoms with Crippen molar-refractivity contribution in [1.29, 1.82) is 0 Å². The summed E-state index contributed by atoms with van der Waals surface area (Å²) in [6.45, 7) is 3.14. The minimum Gasteiger partial charge on any atom is -0.392 e. The van der Waals surface area contributed by atoms with Crippen LogP contribution < -0.4 is 4.72 Å². The lowest BCUT2D eigenvalue weighted by Crippen LogP contribution is -2.32. The van der Waals surface area contributed by atoms with Crippen molar-refractivity contribution in [2.45, 2.75) is 37.7 Å². The van der Waals surface area contributed by atoms with Gasteiger partial charge in [0, 0.05) is 18.2 Å². The molecule has 0 aliphatic heterocycles. The maximum atomic E-state index is 12.1. The van der Waals surface area contributed by atoms with E-state index in [0.717, 1.165) is 12.1 Å². The number of rotatable bonds is 7. The van der Waals surface area contributed by atoms with Crippen molar-refractivity contribution in [3.63, 3.8) is 0 Å². The molecule has 1 rings (SSSR count). The van der Waals surface area contributed by atoms with E-state index in [2.05, 4.69) is 4.72 Å². The Hall–Kier alpha value is -1.22. The molecule has 7 nitrogen and oxygen atoms in total. The number of aliphatic hydroxyl groups is 1. The molecule has 1 aromatic rings. The van der Waals surface area contributed by atoms with E-state index in [1.807, 2.05) is 6.92 Å². The fourth-order valence-corrected chi connectivity index (χ4v) is 3.11. The van der Waals surface area contributed by atoms with E-state index in [9.17, 15) is 23.6 Å². The zero-order chi connectivity index (χ0) is 16.2. The predicted molar refractivity (Wildman–Crippen MR) is 78.9 cm³/mol. The van der Waals surface area contributed by atoms with Gasteiger partial charge < -0.3 is 5.11 Å². The first-order valence-electron chi connectivity index (χ1n) is 6.31. The number of benzene rings is 1. The van der Waals surface area contributed by atoms with E-state index in [0.29, 0.717) is 12.8 Å². The number of halogens is 1. The number of nitro groups is 1. The Kier molecular flexibility index (Phi) is 6.09. The van der Waals surface area contributed by atoms with Gasteiger partial charge in [-0.15, -0.1) is 0 Å². The Morgan fingerprint density at radius 3 is 2.62 bits per heavy atom. The minimum absolute atomic E-state index is 0.00122. The molecule has 2 N–H and O–H groups in total. The zero-order valence-corrected chi connectivity index (χ0v) is 13.2. The van der Waals surface area contributed by atoms with Crippen LogP contribution in [0, 0.1) is 17.0 Å². The molecule has 21 heavy (non-hydrogen) atoms. The maximum Gasteiger partial charge on any atom is 0.275 e. The van der Waals surface area contributed by atoms with Crippen LogP contribution in [-0.4, -0.2) is 31.1 Å². The molecule has 0 saturated heterocycles. The van der Waals surface area contributed by atoms with Crippen LogP contribution in [0.2, 0.25) is 5.02 Å². The Labute approximate surface area is 128 Å². The number of sulfonamides is 1. The van der Waals surface area contributed by atoms with Crippen molar-refractivity contribution in [3.05, 3.63) is 32.8 Å². The lowest BCUT2D eigenvalue weighted by molar-refractivity contribution is -0.385. The second kappa shape index (κ2) is 7.17. The van der Waals surface area contributed by atoms with E-state index in [4.69, 9.17) is 11.6 Å². The average molecular weight is 337 g/mol. The highest BCUT2D eigenvalue weighted by Crippen LogP contribution is 2.29. The fourth-order valence-electron chi connectivity index (χ4n) is 1.71. The molecule has 0 aliphatic rings. The number of hydrogen-bond acceptors (Lipinski definition) is 5. The summed E-state index contributed by atoms with van der Waals surface area (Å²) in [4.78, 5) is 9.91. The normalized spacial score (nSPS) is 13.1. The van der Waals surface area contributed by atoms with Crippen LogP contribution in [0.5, 0.6) is 0 Å². The van der Waals surface area contributed by atoms with E-state index in [1.54, 1.807) is 0 Å². The van der Waals surface area contributed by atoms with Crippen LogP contribution in [-0.2, 0) is 10.0 Å². The van der Waals surface area contributed by atoms with Crippen molar-refractivity contribution in [1.82, 2.24) is 4.72 Å². The van der Waals surface area contributed by atoms with Crippen molar-refractivity contribution in [2.75, 3.05) is 6.54 Å². The zero-order valence-electron chi connectivity index (χ0n) is 11.7. The van der Waals surface area contributed by atoms with Gasteiger partial charge in [-0.1, -0.05) is 24.9 Å². The third-order valence-electron chi connectivity index (χ3n) is 2.93. The molecule has 1 atom stereocenters. The molecule has 1 unspecified atom stereocenters. The SMILES string of the molecule is CCCC(O)CNS(=O)(=O)c1cc(Cl)c(C)c([N+](=O)[O-])c1. The molecular weight excluding hydrogens is 320 g/mol. The first-order valence-corrected chi connectivity index (χ1v) is 8.17. The van der Waals surface area contributed by atoms with Gasteiger partial charge in [-0.25, -0.2) is 13.1 Å². The quantitative estimate of drug-likeness (QED) is 0.584. The molecule has 1 aromatic carbocycles. The standard InChI is InChI=1S/C12H17ClN2O5S/c1-3-4-9(16)7-14-21(19,20)10-5-11(13)8(2)12(6-10)15(17)18/h5-6,9,14,16H,3-4,7H2,1-2H3. The van der Waals surface area contributed by atoms with Gasteiger partial charge in [-0.3, -0.25) is 10.1 Å². The van der Waals surface area contributed by atoms with Gasteiger partial charge in [0.15, 0.2) is 0 Å². The third-order valence-corrected chi connectivity index (χ3v) is 4.72. The summed E-state index contributed by atoms with van der Waals surface area (Å²) in [5, 5.41) is 20.4. The summed E-state index contributed by atoms with van der Waals surface area (Å²) in [5.41, 5.74) is -0.163. The second-order valence-corrected chi connectivity index (χ2v) is 6.77. The molecule has 0 saturated carbocycles. The summed E-state index contributed by atoms with van der Waals surface area (Å²) < 4.78 is 26.4. The van der Waals surface area contributed by atoms with Crippen molar-refractivity contribution < 1.29 is 18.4 Å². The van der Waals surface area contributed by atoms with Gasteiger partial charge in [-0.2, -0.15) is 0 Å². The van der Waals surface area contributed by atoms with Crippen LogP contribution in [0.15, 0.2) is 17.0 Å². The average Bonchev–Trinajstić information content (AvgIpc) is 2.39. The van der Waals surface area contributed by atoms with Gasteiger partial charge in [0.25, 0.3) is 5.69 Å². The van der Waals surface area contributed by atoms with Crippen molar-refractivity contribution >= 4 is 27.3 Å². The first-order chi connectivity index (χ1) is 9.69. The molecule has 0 aromatic heterocycles. The van der Waals surface area contributed by atoms with E-state index < -0.39 is 21.1 Å². The molecular formula is C12H17ClN2O5S. The van der Waals surface area contributed by atoms with Crippen molar-refractivity contribution in [3.8, 4) is 0 Å². The summed E-state index contributed by atoms with van der Waals surface area (Å²) >= 11 is 5.84. The monoisotopic (exact) mass is 336 g/mol. The summed E-state index contributed by atoms with van der Waals surface area (Å²) in [7, 11) is -3.97. The van der Waals surface area contributed by atoms with Gasteiger partial charge in [0.2, 0.25) is 10.0 Å². The highest BCUT2D eigenvalue weighted by Gasteiger charge is 2.22. The van der Waals surface area contributed by atoms with Crippen LogP contribution in [0.3, 0.4) is 0 Å². The molecule has 0 aliphatic carbocycles. The first kappa shape index (κ1) is 17.8. The van der Waals surface area contributed by atoms with Crippen LogP contribution in [0.25, 0.3) is 0 Å². The lowest BCUT2D eigenvalue weighted by atomic mass is 10.2. The Bertz CT molecular complexity index is 633. The molecule has 0 spiro atoms. The number of aliphatic hydroxyl groups excluding tert-OH is 1. The van der Waals surface area contributed by atoms with Gasteiger partial charge in [0.05, 0.1) is 20.9 Å². The number of nitro benzene ring substituents is 1. The fraction of sp³-hybridized carbons (Fsp3) is 0.500. The topological polar surface area (TPSA) is 110 Å². The van der Waals surface area contributed by atoms with Gasteiger partial charge in [0.1, 0.15) is 0 Å². The van der Waals surface area contributed by atoms with E-state index >= 15 is 0 Å². The molecule has 0 bridgehead atoms. The highest BCUT2D eigenvalue weighted by atomic mass is 35.5. The largest absolute Gasteiger partial charge is 0.392 e. The Balaban J connectivity index is 3.06. The number of hydrogen-bond donors (Lipinski definition) is 2. The molecule has 118 valence electrons. The Morgan fingerprint density at radius 2 is 2.10 bits per heavy atom. The number of nitrogens with zero attached hydrogens (tertiary/aromatic N) is 1. The minimum atomic E-state index is -3.97. The molecule has 0 radical (unpaired) electrons. The second-order valence-electron chi connectivity index (χ2n) is 4.60. The summed E-state index contributed by atoms with van der Waals surface area (Å²) in [6.07, 6.45) is 0.364. The smallest absolute Gasteiger partial charge is 0.275 e. The van der Waals surface area contributed by atoms with Crippen LogP contribution >= 0.6 is 11.6 Å². The molecule has 0 heterocycles. The summed E-state index contributed by atoms with van der Waals surface area (Å²) in [5.74, 6) is 0. The molecule has 0 amide bonds. The maximum absolute atomic E-state index is 12.1.